The zero-order valence-electron chi connectivity index (χ0n) is 14.8. The van der Waals surface area contributed by atoms with Crippen molar-refractivity contribution in [3.8, 4) is 0 Å². The Morgan fingerprint density at radius 1 is 0.714 bits per heavy atom. The van der Waals surface area contributed by atoms with Crippen LogP contribution in [0.15, 0.2) is 0 Å². The number of carbonyl (C=O) groups excluding carboxylic acids is 1. The number of nitrogens with one attached hydrogen (secondary N) is 1. The molecule has 0 unspecified atom stereocenters. The first-order chi connectivity index (χ1) is 10.2. The number of amides is 1. The van der Waals surface area contributed by atoms with Crippen molar-refractivity contribution in [3.63, 3.8) is 0 Å². The molecule has 0 aromatic heterocycles. The molecule has 126 valence electrons. The number of unbranched alkanes of at least 4 members (excludes halogenated alkanes) is 12. The predicted octanol–water partition coefficient (Wildman–Crippen LogP) is 5.06. The van der Waals surface area contributed by atoms with Crippen molar-refractivity contribution in [2.45, 2.75) is 96.8 Å². The Morgan fingerprint density at radius 3 is 1.48 bits per heavy atom. The second kappa shape index (κ2) is 15.8. The minimum Gasteiger partial charge on any atom is -0.289 e. The van der Waals surface area contributed by atoms with E-state index < -0.39 is 0 Å². The molecule has 0 aromatic carbocycles. The first-order valence-corrected chi connectivity index (χ1v) is 9.13. The van der Waals surface area contributed by atoms with Crippen LogP contribution in [-0.2, 0) is 4.79 Å². The van der Waals surface area contributed by atoms with Crippen molar-refractivity contribution in [2.75, 3.05) is 14.1 Å². The molecule has 0 aliphatic heterocycles. The van der Waals surface area contributed by atoms with Crippen molar-refractivity contribution in [1.29, 1.82) is 0 Å². The van der Waals surface area contributed by atoms with Crippen LogP contribution in [0.3, 0.4) is 0 Å². The third kappa shape index (κ3) is 17.4. The lowest BCUT2D eigenvalue weighted by Crippen LogP contribution is -2.35. The second-order valence-corrected chi connectivity index (χ2v) is 6.42. The summed E-state index contributed by atoms with van der Waals surface area (Å²) in [6, 6.07) is 0. The van der Waals surface area contributed by atoms with Gasteiger partial charge in [-0.1, -0.05) is 84.0 Å². The van der Waals surface area contributed by atoms with E-state index in [1.807, 2.05) is 14.1 Å². The van der Waals surface area contributed by atoms with Gasteiger partial charge in [0, 0.05) is 20.5 Å². The lowest BCUT2D eigenvalue weighted by atomic mass is 10.0. The van der Waals surface area contributed by atoms with E-state index in [-0.39, 0.29) is 5.91 Å². The van der Waals surface area contributed by atoms with Crippen LogP contribution in [0.25, 0.3) is 0 Å². The normalized spacial score (nSPS) is 11.0. The van der Waals surface area contributed by atoms with Gasteiger partial charge < -0.3 is 0 Å². The van der Waals surface area contributed by atoms with Gasteiger partial charge in [0.15, 0.2) is 0 Å². The first kappa shape index (κ1) is 20.4. The summed E-state index contributed by atoms with van der Waals surface area (Å²) in [7, 11) is 3.70. The summed E-state index contributed by atoms with van der Waals surface area (Å²) in [5.74, 6) is 0.142. The third-order valence-corrected chi connectivity index (χ3v) is 3.86. The fourth-order valence-electron chi connectivity index (χ4n) is 2.61. The summed E-state index contributed by atoms with van der Waals surface area (Å²) in [6.45, 7) is 2.27. The molecule has 0 aromatic rings. The van der Waals surface area contributed by atoms with E-state index in [0.717, 1.165) is 6.42 Å². The molecule has 0 bridgehead atoms. The van der Waals surface area contributed by atoms with Crippen molar-refractivity contribution in [1.82, 2.24) is 10.4 Å². The topological polar surface area (TPSA) is 32.3 Å². The molecule has 3 nitrogen and oxygen atoms in total. The molecule has 0 heterocycles. The monoisotopic (exact) mass is 298 g/mol. The smallest absolute Gasteiger partial charge is 0.234 e. The van der Waals surface area contributed by atoms with Crippen molar-refractivity contribution < 1.29 is 4.79 Å². The standard InChI is InChI=1S/C18H38N2O/c1-4-5-6-7-8-9-10-11-12-13-14-15-16-17-18(21)19-20(2)3/h4-17H2,1-3H3,(H,19,21). The Kier molecular flexibility index (Phi) is 15.4. The van der Waals surface area contributed by atoms with E-state index in [1.54, 1.807) is 5.01 Å². The lowest BCUT2D eigenvalue weighted by Gasteiger charge is -2.11. The van der Waals surface area contributed by atoms with Crippen molar-refractivity contribution in [2.24, 2.45) is 0 Å². The molecule has 1 amide bonds. The molecule has 0 fully saturated rings. The van der Waals surface area contributed by atoms with E-state index in [2.05, 4.69) is 12.3 Å². The molecule has 0 radical (unpaired) electrons. The van der Waals surface area contributed by atoms with Crippen molar-refractivity contribution >= 4 is 5.91 Å². The van der Waals surface area contributed by atoms with Crippen LogP contribution < -0.4 is 5.43 Å². The third-order valence-electron chi connectivity index (χ3n) is 3.86. The highest BCUT2D eigenvalue weighted by Gasteiger charge is 2.01. The SMILES string of the molecule is CCCCCCCCCCCCCCCC(=O)NN(C)C. The molecular weight excluding hydrogens is 260 g/mol. The zero-order chi connectivity index (χ0) is 15.8. The highest BCUT2D eigenvalue weighted by atomic mass is 16.2. The van der Waals surface area contributed by atoms with Gasteiger partial charge in [-0.15, -0.1) is 0 Å². The predicted molar refractivity (Wildman–Crippen MR) is 92.1 cm³/mol. The minimum atomic E-state index is 0.142. The molecule has 0 spiro atoms. The largest absolute Gasteiger partial charge is 0.289 e. The highest BCUT2D eigenvalue weighted by molar-refractivity contribution is 5.75. The van der Waals surface area contributed by atoms with Gasteiger partial charge >= 0.3 is 0 Å². The maximum Gasteiger partial charge on any atom is 0.234 e. The number of rotatable bonds is 15. The van der Waals surface area contributed by atoms with E-state index in [0.29, 0.717) is 6.42 Å². The number of hydrogen-bond donors (Lipinski definition) is 1. The van der Waals surface area contributed by atoms with Gasteiger partial charge in [0.25, 0.3) is 0 Å². The van der Waals surface area contributed by atoms with E-state index in [1.165, 1.54) is 77.0 Å². The average Bonchev–Trinajstić information content (AvgIpc) is 2.43. The molecule has 3 heteroatoms. The first-order valence-electron chi connectivity index (χ1n) is 9.13. The fraction of sp³-hybridized carbons (Fsp3) is 0.944. The fourth-order valence-corrected chi connectivity index (χ4v) is 2.61. The van der Waals surface area contributed by atoms with Crippen LogP contribution in [0, 0.1) is 0 Å². The van der Waals surface area contributed by atoms with Gasteiger partial charge in [0.05, 0.1) is 0 Å². The van der Waals surface area contributed by atoms with E-state index in [4.69, 9.17) is 0 Å². The molecule has 1 N–H and O–H groups in total. The Bertz CT molecular complexity index is 229. The van der Waals surface area contributed by atoms with Gasteiger partial charge in [-0.3, -0.25) is 10.2 Å². The Balaban J connectivity index is 3.07. The summed E-state index contributed by atoms with van der Waals surface area (Å²) in [5.41, 5.74) is 2.78. The van der Waals surface area contributed by atoms with Gasteiger partial charge in [-0.2, -0.15) is 0 Å². The number of carbonyl (C=O) groups is 1. The summed E-state index contributed by atoms with van der Waals surface area (Å²) >= 11 is 0. The molecule has 0 rings (SSSR count). The highest BCUT2D eigenvalue weighted by Crippen LogP contribution is 2.12. The summed E-state index contributed by atoms with van der Waals surface area (Å²) in [6.07, 6.45) is 18.2. The maximum absolute atomic E-state index is 11.4. The van der Waals surface area contributed by atoms with Crippen LogP contribution in [-0.4, -0.2) is 25.0 Å². The van der Waals surface area contributed by atoms with E-state index in [9.17, 15) is 4.79 Å². The second-order valence-electron chi connectivity index (χ2n) is 6.42. The van der Waals surface area contributed by atoms with Crippen LogP contribution in [0.4, 0.5) is 0 Å². The van der Waals surface area contributed by atoms with Crippen LogP contribution >= 0.6 is 0 Å². The van der Waals surface area contributed by atoms with Crippen molar-refractivity contribution in [3.05, 3.63) is 0 Å². The molecule has 0 aliphatic rings. The Morgan fingerprint density at radius 2 is 1.10 bits per heavy atom. The molecular formula is C18H38N2O. The zero-order valence-corrected chi connectivity index (χ0v) is 14.8. The molecule has 0 atom stereocenters. The van der Waals surface area contributed by atoms with Crippen LogP contribution in [0.2, 0.25) is 0 Å². The number of hydrogen-bond acceptors (Lipinski definition) is 2. The lowest BCUT2D eigenvalue weighted by molar-refractivity contribution is -0.124. The maximum atomic E-state index is 11.4. The quantitative estimate of drug-likeness (QED) is 0.338. The number of nitrogens with zero attached hydrogens (tertiary/aromatic N) is 1. The molecule has 0 saturated carbocycles. The van der Waals surface area contributed by atoms with Gasteiger partial charge in [-0.05, 0) is 6.42 Å². The van der Waals surface area contributed by atoms with E-state index >= 15 is 0 Å². The van der Waals surface area contributed by atoms with Crippen LogP contribution in [0.1, 0.15) is 96.8 Å². The Hall–Kier alpha value is -0.570. The van der Waals surface area contributed by atoms with Gasteiger partial charge in [-0.25, -0.2) is 5.01 Å². The summed E-state index contributed by atoms with van der Waals surface area (Å²) < 4.78 is 0. The Labute approximate surface area is 132 Å². The summed E-state index contributed by atoms with van der Waals surface area (Å²) in [4.78, 5) is 11.4. The minimum absolute atomic E-state index is 0.142. The van der Waals surface area contributed by atoms with Gasteiger partial charge in [0.2, 0.25) is 5.91 Å². The average molecular weight is 299 g/mol. The molecule has 21 heavy (non-hydrogen) atoms. The summed E-state index contributed by atoms with van der Waals surface area (Å²) in [5, 5.41) is 1.71. The van der Waals surface area contributed by atoms with Crippen LogP contribution in [0.5, 0.6) is 0 Å². The molecule has 0 saturated heterocycles. The van der Waals surface area contributed by atoms with Gasteiger partial charge in [0.1, 0.15) is 0 Å². The molecule has 0 aliphatic carbocycles. The number of hydrazine groups is 1.